The molecule has 1 amide bonds. The van der Waals surface area contributed by atoms with Crippen LogP contribution >= 0.6 is 0 Å². The van der Waals surface area contributed by atoms with Gasteiger partial charge in [-0.15, -0.1) is 0 Å². The van der Waals surface area contributed by atoms with Gasteiger partial charge in [0.25, 0.3) is 0 Å². The number of nitrogens with one attached hydrogen (secondary N) is 1. The molecule has 3 aliphatic rings. The average Bonchev–Trinajstić information content (AvgIpc) is 3.16. The van der Waals surface area contributed by atoms with Gasteiger partial charge in [-0.25, -0.2) is 14.4 Å². The molecule has 2 aromatic rings. The maximum Gasteiger partial charge on any atom is 0.408 e. The highest BCUT2D eigenvalue weighted by atomic mass is 16.6. The Kier molecular flexibility index (Phi) is 12.6. The van der Waals surface area contributed by atoms with Gasteiger partial charge in [0.1, 0.15) is 35.1 Å². The lowest BCUT2D eigenvalue weighted by Crippen LogP contribution is -2.77. The van der Waals surface area contributed by atoms with E-state index in [2.05, 4.69) is 5.32 Å². The van der Waals surface area contributed by atoms with Crippen LogP contribution in [0.15, 0.2) is 71.8 Å². The Balaban J connectivity index is 1.70. The number of aliphatic hydroxyl groups is 5. The van der Waals surface area contributed by atoms with Gasteiger partial charge in [0, 0.05) is 25.2 Å². The first kappa shape index (κ1) is 45.4. The summed E-state index contributed by atoms with van der Waals surface area (Å²) in [6.45, 7) is 13.4. The van der Waals surface area contributed by atoms with Crippen molar-refractivity contribution < 1.29 is 68.5 Å². The van der Waals surface area contributed by atoms with Crippen molar-refractivity contribution in [2.45, 2.75) is 141 Å². The second kappa shape index (κ2) is 16.4. The van der Waals surface area contributed by atoms with Gasteiger partial charge in [0.2, 0.25) is 0 Å². The van der Waals surface area contributed by atoms with Crippen molar-refractivity contribution >= 4 is 29.8 Å². The van der Waals surface area contributed by atoms with Gasteiger partial charge in [-0.2, -0.15) is 0 Å². The molecule has 2 unspecified atom stereocenters. The number of amides is 1. The first-order valence-corrected chi connectivity index (χ1v) is 19.8. The summed E-state index contributed by atoms with van der Waals surface area (Å²) >= 11 is 0. The van der Waals surface area contributed by atoms with E-state index >= 15 is 0 Å². The van der Waals surface area contributed by atoms with Crippen LogP contribution < -0.4 is 5.32 Å². The van der Waals surface area contributed by atoms with Crippen LogP contribution in [0.3, 0.4) is 0 Å². The van der Waals surface area contributed by atoms with Crippen LogP contribution in [0.25, 0.3) is 0 Å². The molecule has 15 heteroatoms. The van der Waals surface area contributed by atoms with E-state index in [4.69, 9.17) is 18.9 Å². The third-order valence-corrected chi connectivity index (χ3v) is 12.6. The number of esters is 3. The minimum atomic E-state index is -2.44. The Hall–Kier alpha value is -4.67. The molecule has 0 aromatic heterocycles. The molecule has 15 nitrogen and oxygen atoms in total. The van der Waals surface area contributed by atoms with Crippen molar-refractivity contribution in [1.29, 1.82) is 0 Å². The highest BCUT2D eigenvalue weighted by Crippen LogP contribution is 2.62. The van der Waals surface area contributed by atoms with E-state index in [9.17, 15) is 49.5 Å². The number of carbonyl (C=O) groups excluding carboxylic acids is 5. The normalized spacial score (nSPS) is 32.6. The molecule has 322 valence electrons. The van der Waals surface area contributed by atoms with Gasteiger partial charge in [0.15, 0.2) is 11.9 Å². The Labute approximate surface area is 343 Å². The number of aliphatic hydroxyl groups excluding tert-OH is 4. The van der Waals surface area contributed by atoms with E-state index in [0.717, 1.165) is 6.92 Å². The van der Waals surface area contributed by atoms with Gasteiger partial charge >= 0.3 is 24.0 Å². The summed E-state index contributed by atoms with van der Waals surface area (Å²) in [4.78, 5) is 69.1. The van der Waals surface area contributed by atoms with Crippen LogP contribution in [-0.2, 0) is 33.3 Å². The summed E-state index contributed by atoms with van der Waals surface area (Å²) in [5.41, 5.74) is -8.94. The number of Topliss-reactive ketones (excluding diaryl/α,β-unsaturated/α-hetero) is 1. The van der Waals surface area contributed by atoms with Gasteiger partial charge in [-0.3, -0.25) is 9.59 Å². The highest BCUT2D eigenvalue weighted by molar-refractivity contribution is 5.94. The second-order valence-corrected chi connectivity index (χ2v) is 17.6. The molecule has 2 saturated carbocycles. The number of hydrogen-bond acceptors (Lipinski definition) is 14. The zero-order chi connectivity index (χ0) is 44.0. The summed E-state index contributed by atoms with van der Waals surface area (Å²) in [5, 5.41) is 63.4. The molecule has 2 aromatic carbocycles. The topological polar surface area (TPSA) is 235 Å². The number of fused-ring (bicyclic) bond motifs is 3. The maximum absolute atomic E-state index is 15.0. The molecule has 0 spiro atoms. The first-order chi connectivity index (χ1) is 27.4. The fraction of sp³-hybridized carbons (Fsp3) is 0.568. The standard InChI is InChI=1S/C44H57NO14/c1-10-43(58-24(3)46)29(48)21-28(47)42(9)34(43)36(57-37(52)26-19-15-12-16-20-26)44(55)22-27(23(2)30(41(44,7)8)32(49)35(42)51)56-38(53)33(50)31(25-17-13-11-14-18-25)45-39(54)59-40(4,5)6/h11-20,27-29,31-34,36,47-50,55H,10,21-22H2,1-9H3,(H,45,54)/t27?,28-,29+,31-,32+,33+,34?,36-,42+,43-,44+/m0/s1. The van der Waals surface area contributed by atoms with Crippen LogP contribution in [-0.4, -0.2) is 109 Å². The van der Waals surface area contributed by atoms with Crippen molar-refractivity contribution in [3.05, 3.63) is 82.9 Å². The lowest BCUT2D eigenvalue weighted by atomic mass is 9.45. The summed E-state index contributed by atoms with van der Waals surface area (Å²) in [5.74, 6) is -5.84. The second-order valence-electron chi connectivity index (χ2n) is 17.6. The molecular formula is C44H57NO14. The fourth-order valence-corrected chi connectivity index (χ4v) is 9.55. The van der Waals surface area contributed by atoms with Crippen LogP contribution in [0, 0.1) is 16.7 Å². The van der Waals surface area contributed by atoms with Crippen molar-refractivity contribution in [3.8, 4) is 0 Å². The Bertz CT molecular complexity index is 1960. The summed E-state index contributed by atoms with van der Waals surface area (Å²) in [6, 6.07) is 14.4. The molecule has 2 bridgehead atoms. The SMILES string of the molecule is CC[C@@]1(OC(C)=O)C2[C@H](OC(=O)c3ccccc3)[C@]3(O)CC(OC(=O)[C@H](O)[C@@H](NC(=O)OC(C)(C)C)c4ccccc4)C(C)=C([C@@H](O)C(=O)[C@]2(C)[C@@H](O)C[C@H]1O)C3(C)C. The van der Waals surface area contributed by atoms with Gasteiger partial charge in [-0.05, 0) is 69.9 Å². The number of alkyl carbamates (subject to hydrolysis) is 1. The van der Waals surface area contributed by atoms with E-state index in [1.165, 1.54) is 39.8 Å². The van der Waals surface area contributed by atoms with Crippen molar-refractivity contribution in [1.82, 2.24) is 5.32 Å². The lowest BCUT2D eigenvalue weighted by molar-refractivity contribution is -0.284. The maximum atomic E-state index is 15.0. The summed E-state index contributed by atoms with van der Waals surface area (Å²) in [6.07, 6.45) is -13.2. The van der Waals surface area contributed by atoms with Crippen molar-refractivity contribution in [3.63, 3.8) is 0 Å². The summed E-state index contributed by atoms with van der Waals surface area (Å²) < 4.78 is 23.6. The van der Waals surface area contributed by atoms with Crippen molar-refractivity contribution in [2.75, 3.05) is 0 Å². The average molecular weight is 824 g/mol. The van der Waals surface area contributed by atoms with Crippen LogP contribution in [0.2, 0.25) is 0 Å². The molecule has 59 heavy (non-hydrogen) atoms. The number of rotatable bonds is 9. The predicted octanol–water partition coefficient (Wildman–Crippen LogP) is 3.63. The van der Waals surface area contributed by atoms with E-state index < -0.39 is 119 Å². The van der Waals surface area contributed by atoms with E-state index in [0.29, 0.717) is 5.56 Å². The third kappa shape index (κ3) is 8.02. The fourth-order valence-electron chi connectivity index (χ4n) is 9.55. The third-order valence-electron chi connectivity index (χ3n) is 12.6. The summed E-state index contributed by atoms with van der Waals surface area (Å²) in [7, 11) is 0. The van der Waals surface area contributed by atoms with Gasteiger partial charge < -0.3 is 49.8 Å². The number of ether oxygens (including phenoxy) is 4. The monoisotopic (exact) mass is 823 g/mol. The predicted molar refractivity (Wildman–Crippen MR) is 210 cm³/mol. The zero-order valence-electron chi connectivity index (χ0n) is 34.9. The highest BCUT2D eigenvalue weighted by Gasteiger charge is 2.75. The Morgan fingerprint density at radius 3 is 2.03 bits per heavy atom. The minimum Gasteiger partial charge on any atom is -0.456 e. The van der Waals surface area contributed by atoms with Crippen LogP contribution in [0.5, 0.6) is 0 Å². The van der Waals surface area contributed by atoms with Crippen molar-refractivity contribution in [2.24, 2.45) is 16.7 Å². The smallest absolute Gasteiger partial charge is 0.408 e. The van der Waals surface area contributed by atoms with Crippen LogP contribution in [0.1, 0.15) is 104 Å². The number of carbonyl (C=O) groups is 5. The van der Waals surface area contributed by atoms with E-state index in [1.54, 1.807) is 76.2 Å². The van der Waals surface area contributed by atoms with Crippen LogP contribution in [0.4, 0.5) is 4.79 Å². The Morgan fingerprint density at radius 1 is 0.915 bits per heavy atom. The molecule has 6 N–H and O–H groups in total. The molecule has 2 fully saturated rings. The molecule has 0 aliphatic heterocycles. The van der Waals surface area contributed by atoms with E-state index in [1.807, 2.05) is 0 Å². The molecule has 0 heterocycles. The number of hydrogen-bond donors (Lipinski definition) is 6. The van der Waals surface area contributed by atoms with Gasteiger partial charge in [0.05, 0.1) is 35.1 Å². The molecule has 11 atom stereocenters. The number of ketones is 1. The molecule has 3 aliphatic carbocycles. The molecule has 5 rings (SSSR count). The van der Waals surface area contributed by atoms with Gasteiger partial charge in [-0.1, -0.05) is 69.3 Å². The quantitative estimate of drug-likeness (QED) is 0.120. The largest absolute Gasteiger partial charge is 0.456 e. The molecule has 0 saturated heterocycles. The lowest BCUT2D eigenvalue weighted by Gasteiger charge is -2.64. The molecule has 0 radical (unpaired) electrons. The number of benzene rings is 2. The van der Waals surface area contributed by atoms with E-state index in [-0.39, 0.29) is 23.1 Å². The zero-order valence-corrected chi connectivity index (χ0v) is 34.9. The molecular weight excluding hydrogens is 766 g/mol. The first-order valence-electron chi connectivity index (χ1n) is 19.8. The Morgan fingerprint density at radius 2 is 1.49 bits per heavy atom. The minimum absolute atomic E-state index is 0.0359.